The van der Waals surface area contributed by atoms with E-state index in [2.05, 4.69) is 15.2 Å². The van der Waals surface area contributed by atoms with E-state index in [9.17, 15) is 4.79 Å². The minimum absolute atomic E-state index is 0.102. The lowest BCUT2D eigenvalue weighted by Gasteiger charge is -2.49. The van der Waals surface area contributed by atoms with E-state index in [0.29, 0.717) is 18.4 Å². The summed E-state index contributed by atoms with van der Waals surface area (Å²) in [6.45, 7) is 2.86. The molecule has 1 aromatic rings. The standard InChI is InChI=1S/C15H25N5O2/c1-18(2)15(22)14-10-19-5-3-11(14)7-13(19)9-20-8-12(4-6-21)16-17-20/h8,11,13-14,21H,3-7,9-10H2,1-2H3/t11-,13+,14+/m0/s1. The Kier molecular flexibility index (Phi) is 4.44. The highest BCUT2D eigenvalue weighted by Gasteiger charge is 2.43. The molecule has 3 fully saturated rings. The molecule has 122 valence electrons. The lowest BCUT2D eigenvalue weighted by Crippen LogP contribution is -2.57. The van der Waals surface area contributed by atoms with Crippen molar-refractivity contribution < 1.29 is 9.90 Å². The predicted molar refractivity (Wildman–Crippen MR) is 81.1 cm³/mol. The second kappa shape index (κ2) is 6.34. The first-order chi connectivity index (χ1) is 10.6. The Morgan fingerprint density at radius 3 is 2.95 bits per heavy atom. The van der Waals surface area contributed by atoms with Crippen molar-refractivity contribution in [3.05, 3.63) is 11.9 Å². The minimum Gasteiger partial charge on any atom is -0.396 e. The van der Waals surface area contributed by atoms with E-state index in [1.165, 1.54) is 0 Å². The maximum Gasteiger partial charge on any atom is 0.226 e. The van der Waals surface area contributed by atoms with Crippen molar-refractivity contribution in [3.63, 3.8) is 0 Å². The van der Waals surface area contributed by atoms with Crippen molar-refractivity contribution in [1.29, 1.82) is 0 Å². The largest absolute Gasteiger partial charge is 0.396 e. The van der Waals surface area contributed by atoms with E-state index in [1.54, 1.807) is 4.90 Å². The van der Waals surface area contributed by atoms with E-state index in [-0.39, 0.29) is 18.4 Å². The smallest absolute Gasteiger partial charge is 0.226 e. The second-order valence-electron chi connectivity index (χ2n) is 6.68. The van der Waals surface area contributed by atoms with E-state index in [1.807, 2.05) is 25.0 Å². The fourth-order valence-electron chi connectivity index (χ4n) is 3.81. The Morgan fingerprint density at radius 2 is 2.32 bits per heavy atom. The van der Waals surface area contributed by atoms with Crippen LogP contribution in [0.25, 0.3) is 0 Å². The van der Waals surface area contributed by atoms with Crippen molar-refractivity contribution in [2.75, 3.05) is 33.8 Å². The molecule has 1 amide bonds. The van der Waals surface area contributed by atoms with Crippen molar-refractivity contribution in [2.24, 2.45) is 11.8 Å². The molecule has 0 spiro atoms. The number of nitrogens with zero attached hydrogens (tertiary/aromatic N) is 5. The summed E-state index contributed by atoms with van der Waals surface area (Å²) < 4.78 is 1.87. The van der Waals surface area contributed by atoms with Gasteiger partial charge in [0.1, 0.15) is 0 Å². The number of amides is 1. The van der Waals surface area contributed by atoms with Crippen LogP contribution in [0.15, 0.2) is 6.20 Å². The van der Waals surface area contributed by atoms with Gasteiger partial charge in [0.25, 0.3) is 0 Å². The molecule has 2 bridgehead atoms. The summed E-state index contributed by atoms with van der Waals surface area (Å²) >= 11 is 0. The van der Waals surface area contributed by atoms with Gasteiger partial charge in [0, 0.05) is 45.9 Å². The number of fused-ring (bicyclic) bond motifs is 3. The van der Waals surface area contributed by atoms with Crippen LogP contribution in [0.5, 0.6) is 0 Å². The molecule has 3 saturated heterocycles. The van der Waals surface area contributed by atoms with Crippen LogP contribution in [0.4, 0.5) is 0 Å². The summed E-state index contributed by atoms with van der Waals surface area (Å²) in [5.74, 6) is 0.908. The lowest BCUT2D eigenvalue weighted by molar-refractivity contribution is -0.141. The number of hydrogen-bond acceptors (Lipinski definition) is 5. The molecule has 0 aromatic carbocycles. The zero-order valence-electron chi connectivity index (χ0n) is 13.4. The minimum atomic E-state index is 0.102. The third-order valence-electron chi connectivity index (χ3n) is 4.99. The highest BCUT2D eigenvalue weighted by molar-refractivity contribution is 5.79. The first-order valence-electron chi connectivity index (χ1n) is 8.03. The highest BCUT2D eigenvalue weighted by atomic mass is 16.3. The van der Waals surface area contributed by atoms with Gasteiger partial charge < -0.3 is 10.0 Å². The molecule has 3 aliphatic rings. The molecule has 7 heteroatoms. The Bertz CT molecular complexity index is 530. The number of carbonyl (C=O) groups excluding carboxylic acids is 1. The molecule has 0 radical (unpaired) electrons. The zero-order valence-corrected chi connectivity index (χ0v) is 13.4. The van der Waals surface area contributed by atoms with Gasteiger partial charge in [-0.05, 0) is 25.3 Å². The monoisotopic (exact) mass is 307 g/mol. The molecular weight excluding hydrogens is 282 g/mol. The van der Waals surface area contributed by atoms with E-state index >= 15 is 0 Å². The summed E-state index contributed by atoms with van der Waals surface area (Å²) in [4.78, 5) is 16.4. The van der Waals surface area contributed by atoms with Crippen LogP contribution in [0, 0.1) is 11.8 Å². The quantitative estimate of drug-likeness (QED) is 0.802. The Balaban J connectivity index is 1.62. The molecule has 1 unspecified atom stereocenters. The molecule has 1 aromatic heterocycles. The molecule has 1 N–H and O–H groups in total. The predicted octanol–water partition coefficient (Wildman–Crippen LogP) is -0.388. The maximum absolute atomic E-state index is 12.3. The van der Waals surface area contributed by atoms with Crippen LogP contribution >= 0.6 is 0 Å². The highest BCUT2D eigenvalue weighted by Crippen LogP contribution is 2.37. The van der Waals surface area contributed by atoms with E-state index in [4.69, 9.17) is 5.11 Å². The zero-order chi connectivity index (χ0) is 15.7. The van der Waals surface area contributed by atoms with Gasteiger partial charge in [-0.25, -0.2) is 0 Å². The van der Waals surface area contributed by atoms with Crippen LogP contribution in [0.2, 0.25) is 0 Å². The summed E-state index contributed by atoms with van der Waals surface area (Å²) in [6.07, 6.45) is 4.64. The second-order valence-corrected chi connectivity index (χ2v) is 6.68. The normalized spacial score (nSPS) is 30.5. The third kappa shape index (κ3) is 3.01. The molecule has 4 atom stereocenters. The fourth-order valence-corrected chi connectivity index (χ4v) is 3.81. The van der Waals surface area contributed by atoms with Gasteiger partial charge in [-0.1, -0.05) is 5.21 Å². The Morgan fingerprint density at radius 1 is 1.50 bits per heavy atom. The van der Waals surface area contributed by atoms with E-state index in [0.717, 1.165) is 38.2 Å². The maximum atomic E-state index is 12.3. The van der Waals surface area contributed by atoms with Gasteiger partial charge in [0.05, 0.1) is 18.2 Å². The number of aliphatic hydroxyl groups excluding tert-OH is 1. The SMILES string of the molecule is CN(C)C(=O)[C@@H]1CN2CC[C@H]1C[C@@H]2Cn1cc(CCO)nn1. The van der Waals surface area contributed by atoms with Crippen LogP contribution in [0.3, 0.4) is 0 Å². The molecule has 7 nitrogen and oxygen atoms in total. The van der Waals surface area contributed by atoms with Crippen molar-refractivity contribution in [1.82, 2.24) is 24.8 Å². The topological polar surface area (TPSA) is 74.5 Å². The number of aliphatic hydroxyl groups is 1. The van der Waals surface area contributed by atoms with Gasteiger partial charge in [-0.2, -0.15) is 0 Å². The summed E-state index contributed by atoms with van der Waals surface area (Å²) in [5.41, 5.74) is 0.833. The third-order valence-corrected chi connectivity index (χ3v) is 4.99. The summed E-state index contributed by atoms with van der Waals surface area (Å²) in [7, 11) is 3.69. The summed E-state index contributed by atoms with van der Waals surface area (Å²) in [6, 6.07) is 0.439. The summed E-state index contributed by atoms with van der Waals surface area (Å²) in [5, 5.41) is 17.2. The van der Waals surface area contributed by atoms with Crippen LogP contribution in [0.1, 0.15) is 18.5 Å². The fraction of sp³-hybridized carbons (Fsp3) is 0.800. The van der Waals surface area contributed by atoms with Crippen LogP contribution < -0.4 is 0 Å². The van der Waals surface area contributed by atoms with Crippen molar-refractivity contribution in [3.8, 4) is 0 Å². The molecule has 3 aliphatic heterocycles. The number of hydrogen-bond donors (Lipinski definition) is 1. The average Bonchev–Trinajstić information content (AvgIpc) is 2.94. The lowest BCUT2D eigenvalue weighted by atomic mass is 9.75. The number of carbonyl (C=O) groups is 1. The first-order valence-corrected chi connectivity index (χ1v) is 8.03. The molecular formula is C15H25N5O2. The molecule has 4 heterocycles. The van der Waals surface area contributed by atoms with Gasteiger partial charge in [0.2, 0.25) is 5.91 Å². The molecule has 0 saturated carbocycles. The van der Waals surface area contributed by atoms with Crippen LogP contribution in [-0.4, -0.2) is 75.6 Å². The van der Waals surface area contributed by atoms with E-state index < -0.39 is 0 Å². The van der Waals surface area contributed by atoms with Gasteiger partial charge in [-0.15, -0.1) is 5.10 Å². The van der Waals surface area contributed by atoms with Crippen LogP contribution in [-0.2, 0) is 17.8 Å². The molecule has 4 rings (SSSR count). The van der Waals surface area contributed by atoms with Crippen molar-refractivity contribution >= 4 is 5.91 Å². The molecule has 22 heavy (non-hydrogen) atoms. The molecule has 0 aliphatic carbocycles. The average molecular weight is 307 g/mol. The number of rotatable bonds is 5. The Labute approximate surface area is 130 Å². The van der Waals surface area contributed by atoms with Gasteiger partial charge >= 0.3 is 0 Å². The van der Waals surface area contributed by atoms with Gasteiger partial charge in [-0.3, -0.25) is 14.4 Å². The van der Waals surface area contributed by atoms with Crippen molar-refractivity contribution in [2.45, 2.75) is 31.8 Å². The Hall–Kier alpha value is -1.47. The number of piperidine rings is 3. The number of aromatic nitrogens is 3. The first kappa shape index (κ1) is 15.4. The van der Waals surface area contributed by atoms with Gasteiger partial charge in [0.15, 0.2) is 0 Å².